The van der Waals surface area contributed by atoms with Gasteiger partial charge in [0.25, 0.3) is 0 Å². The molecule has 4 rings (SSSR count). The van der Waals surface area contributed by atoms with Gasteiger partial charge in [-0.2, -0.15) is 0 Å². The molecule has 0 radical (unpaired) electrons. The van der Waals surface area contributed by atoms with Crippen LogP contribution >= 0.6 is 0 Å². The van der Waals surface area contributed by atoms with Crippen LogP contribution in [0.4, 0.5) is 4.39 Å². The molecule has 4 fully saturated rings. The number of morpholine rings is 1. The fraction of sp³-hybridized carbons (Fsp3) is 0.960. The van der Waals surface area contributed by atoms with Gasteiger partial charge in [-0.05, 0) is 92.8 Å². The lowest BCUT2D eigenvalue weighted by molar-refractivity contribution is -0.132. The average Bonchev–Trinajstić information content (AvgIpc) is 3.11. The second-order valence-electron chi connectivity index (χ2n) is 10.8. The first-order valence-electron chi connectivity index (χ1n) is 12.6. The van der Waals surface area contributed by atoms with Crippen LogP contribution in [0.1, 0.15) is 64.7 Å². The van der Waals surface area contributed by atoms with E-state index in [1.165, 1.54) is 19.3 Å². The third-order valence-electron chi connectivity index (χ3n) is 9.57. The molecular weight excluding hydrogens is 381 g/mol. The van der Waals surface area contributed by atoms with Gasteiger partial charge < -0.3 is 9.84 Å². The van der Waals surface area contributed by atoms with Crippen molar-refractivity contribution in [3.8, 4) is 0 Å². The molecule has 4 aliphatic rings. The molecule has 1 N–H and O–H groups in total. The van der Waals surface area contributed by atoms with Crippen molar-refractivity contribution in [1.29, 1.82) is 0 Å². The van der Waals surface area contributed by atoms with Gasteiger partial charge in [-0.15, -0.1) is 0 Å². The smallest absolute Gasteiger partial charge is 0.150 e. The maximum absolute atomic E-state index is 13.3. The first-order chi connectivity index (χ1) is 14.6. The summed E-state index contributed by atoms with van der Waals surface area (Å²) in [5, 5.41) is 9.41. The van der Waals surface area contributed by atoms with Crippen molar-refractivity contribution in [3.63, 3.8) is 0 Å². The van der Waals surface area contributed by atoms with Gasteiger partial charge in [0.05, 0.1) is 26.4 Å². The number of carbonyl (C=O) groups excluding carboxylic acids is 1. The first kappa shape index (κ1) is 22.7. The van der Waals surface area contributed by atoms with Crippen LogP contribution in [0.3, 0.4) is 0 Å². The topological polar surface area (TPSA) is 49.8 Å². The molecule has 3 aliphatic carbocycles. The fourth-order valence-electron chi connectivity index (χ4n) is 8.13. The molecule has 0 aromatic carbocycles. The minimum atomic E-state index is -0.211. The Labute approximate surface area is 181 Å². The number of alkyl halides is 1. The molecule has 1 heterocycles. The van der Waals surface area contributed by atoms with Crippen LogP contribution in [0.2, 0.25) is 0 Å². The zero-order chi connectivity index (χ0) is 21.1. The molecule has 0 spiro atoms. The van der Waals surface area contributed by atoms with E-state index >= 15 is 0 Å². The van der Waals surface area contributed by atoms with Crippen molar-refractivity contribution in [2.24, 2.45) is 40.9 Å². The zero-order valence-electron chi connectivity index (χ0n) is 18.9. The quantitative estimate of drug-likeness (QED) is 0.638. The molecule has 30 heavy (non-hydrogen) atoms. The Kier molecular flexibility index (Phi) is 7.52. The minimum Gasteiger partial charge on any atom is -0.396 e. The van der Waals surface area contributed by atoms with E-state index in [4.69, 9.17) is 4.74 Å². The van der Waals surface area contributed by atoms with Crippen LogP contribution in [0.25, 0.3) is 0 Å². The third-order valence-corrected chi connectivity index (χ3v) is 9.57. The van der Waals surface area contributed by atoms with Gasteiger partial charge in [-0.25, -0.2) is 0 Å². The third kappa shape index (κ3) is 4.36. The standard InChI is InChI=1S/C25H42FNO3/c1-25-10-8-20-19(3-2-14-28)18(9-11-26)4-5-21(20)22(25)6-7-23(25)24(29)17-27-12-15-30-16-13-27/h18-23,28H,2-17H2,1H3/t18-,19+,20-,21-,22+,23-,25+/m1/s1. The summed E-state index contributed by atoms with van der Waals surface area (Å²) in [6.07, 6.45) is 9.54. The van der Waals surface area contributed by atoms with Crippen molar-refractivity contribution in [3.05, 3.63) is 0 Å². The number of carbonyl (C=O) groups is 1. The van der Waals surface area contributed by atoms with Crippen LogP contribution in [-0.2, 0) is 9.53 Å². The Morgan fingerprint density at radius 2 is 1.90 bits per heavy atom. The number of aliphatic hydroxyl groups excluding tert-OH is 1. The lowest BCUT2D eigenvalue weighted by Gasteiger charge is -2.54. The number of hydrogen-bond acceptors (Lipinski definition) is 4. The summed E-state index contributed by atoms with van der Waals surface area (Å²) < 4.78 is 18.7. The summed E-state index contributed by atoms with van der Waals surface area (Å²) in [7, 11) is 0. The van der Waals surface area contributed by atoms with Gasteiger partial charge in [-0.3, -0.25) is 14.1 Å². The molecular formula is C25H42FNO3. The predicted octanol–water partition coefficient (Wildman–Crippen LogP) is 4.10. The molecule has 3 saturated carbocycles. The van der Waals surface area contributed by atoms with Crippen molar-refractivity contribution in [2.75, 3.05) is 46.1 Å². The van der Waals surface area contributed by atoms with E-state index < -0.39 is 0 Å². The lowest BCUT2D eigenvalue weighted by Crippen LogP contribution is -2.49. The second kappa shape index (κ2) is 9.95. The lowest BCUT2D eigenvalue weighted by atomic mass is 9.50. The van der Waals surface area contributed by atoms with E-state index in [9.17, 15) is 14.3 Å². The second-order valence-corrected chi connectivity index (χ2v) is 10.8. The molecule has 0 aromatic rings. The van der Waals surface area contributed by atoms with E-state index in [0.29, 0.717) is 48.3 Å². The monoisotopic (exact) mass is 423 g/mol. The number of hydrogen-bond donors (Lipinski definition) is 1. The van der Waals surface area contributed by atoms with Crippen LogP contribution < -0.4 is 0 Å². The molecule has 0 bridgehead atoms. The van der Waals surface area contributed by atoms with Gasteiger partial charge >= 0.3 is 0 Å². The summed E-state index contributed by atoms with van der Waals surface area (Å²) in [6.45, 7) is 6.30. The highest BCUT2D eigenvalue weighted by atomic mass is 19.1. The Hall–Kier alpha value is -0.520. The normalized spacial score (nSPS) is 42.0. The maximum Gasteiger partial charge on any atom is 0.150 e. The predicted molar refractivity (Wildman–Crippen MR) is 116 cm³/mol. The van der Waals surface area contributed by atoms with Gasteiger partial charge in [-0.1, -0.05) is 6.92 Å². The molecule has 7 atom stereocenters. The molecule has 172 valence electrons. The van der Waals surface area contributed by atoms with Crippen LogP contribution in [0.15, 0.2) is 0 Å². The van der Waals surface area contributed by atoms with Crippen molar-refractivity contribution < 1.29 is 19.0 Å². The Bertz CT molecular complexity index is 581. The molecule has 4 nitrogen and oxygen atoms in total. The highest BCUT2D eigenvalue weighted by Crippen LogP contribution is 2.63. The number of halogens is 1. The van der Waals surface area contributed by atoms with Crippen LogP contribution in [0, 0.1) is 40.9 Å². The van der Waals surface area contributed by atoms with E-state index in [2.05, 4.69) is 11.8 Å². The van der Waals surface area contributed by atoms with Crippen LogP contribution in [-0.4, -0.2) is 61.9 Å². The number of nitrogens with zero attached hydrogens (tertiary/aromatic N) is 1. The minimum absolute atomic E-state index is 0.152. The summed E-state index contributed by atoms with van der Waals surface area (Å²) >= 11 is 0. The van der Waals surface area contributed by atoms with Gasteiger partial charge in [0, 0.05) is 25.6 Å². The number of fused-ring (bicyclic) bond motifs is 3. The Balaban J connectivity index is 1.45. The number of ketones is 1. The summed E-state index contributed by atoms with van der Waals surface area (Å²) in [5.74, 6) is 3.76. The molecule has 0 amide bonds. The molecule has 5 heteroatoms. The summed E-state index contributed by atoms with van der Waals surface area (Å²) in [5.41, 5.74) is 0.152. The Morgan fingerprint density at radius 3 is 2.63 bits per heavy atom. The number of ether oxygens (including phenoxy) is 1. The molecule has 0 aromatic heterocycles. The zero-order valence-corrected chi connectivity index (χ0v) is 18.9. The van der Waals surface area contributed by atoms with Crippen molar-refractivity contribution in [2.45, 2.75) is 64.7 Å². The molecule has 1 saturated heterocycles. The highest BCUT2D eigenvalue weighted by molar-refractivity contribution is 5.84. The number of aliphatic hydroxyl groups is 1. The summed E-state index contributed by atoms with van der Waals surface area (Å²) in [4.78, 5) is 15.6. The van der Waals surface area contributed by atoms with Gasteiger partial charge in [0.2, 0.25) is 0 Å². The Morgan fingerprint density at radius 1 is 1.10 bits per heavy atom. The van der Waals surface area contributed by atoms with Gasteiger partial charge in [0.15, 0.2) is 0 Å². The molecule has 1 aliphatic heterocycles. The van der Waals surface area contributed by atoms with E-state index in [-0.39, 0.29) is 24.6 Å². The molecule has 0 unspecified atom stereocenters. The average molecular weight is 424 g/mol. The SMILES string of the molecule is C[C@]12CC[C@H]3[C@@H](CC[C@H](CCF)[C@@H]3CCCO)[C@@H]1CC[C@@H]2C(=O)CN1CCOCC1. The fourth-order valence-corrected chi connectivity index (χ4v) is 8.13. The number of rotatable bonds is 8. The largest absolute Gasteiger partial charge is 0.396 e. The van der Waals surface area contributed by atoms with Gasteiger partial charge in [0.1, 0.15) is 5.78 Å². The maximum atomic E-state index is 13.3. The van der Waals surface area contributed by atoms with Crippen molar-refractivity contribution >= 4 is 5.78 Å². The van der Waals surface area contributed by atoms with Crippen molar-refractivity contribution in [1.82, 2.24) is 4.90 Å². The van der Waals surface area contributed by atoms with E-state index in [1.54, 1.807) is 0 Å². The van der Waals surface area contributed by atoms with Crippen LogP contribution in [0.5, 0.6) is 0 Å². The van der Waals surface area contributed by atoms with E-state index in [1.807, 2.05) is 0 Å². The van der Waals surface area contributed by atoms with E-state index in [0.717, 1.165) is 58.4 Å². The summed E-state index contributed by atoms with van der Waals surface area (Å²) in [6, 6.07) is 0. The first-order valence-corrected chi connectivity index (χ1v) is 12.6. The highest BCUT2D eigenvalue weighted by Gasteiger charge is 2.57. The number of Topliss-reactive ketones (excluding diaryl/α,β-unsaturated/α-hetero) is 1.